The van der Waals surface area contributed by atoms with Crippen LogP contribution in [0.5, 0.6) is 0 Å². The highest BCUT2D eigenvalue weighted by Gasteiger charge is 2.33. The van der Waals surface area contributed by atoms with Crippen LogP contribution < -0.4 is 10.0 Å². The number of rotatable bonds is 7. The monoisotopic (exact) mass is 466 g/mol. The second kappa shape index (κ2) is 9.84. The van der Waals surface area contributed by atoms with Crippen molar-refractivity contribution in [3.05, 3.63) is 72.3 Å². The summed E-state index contributed by atoms with van der Waals surface area (Å²) in [4.78, 5) is 14.4. The van der Waals surface area contributed by atoms with Crippen molar-refractivity contribution in [1.29, 1.82) is 0 Å². The van der Waals surface area contributed by atoms with E-state index in [0.29, 0.717) is 17.8 Å². The number of pyridine rings is 1. The molecule has 0 aliphatic heterocycles. The number of nitrogens with zero attached hydrogens (tertiary/aromatic N) is 4. The van der Waals surface area contributed by atoms with E-state index >= 15 is 0 Å². The molecule has 1 aliphatic carbocycles. The van der Waals surface area contributed by atoms with Crippen LogP contribution in [0.15, 0.2) is 66.1 Å². The summed E-state index contributed by atoms with van der Waals surface area (Å²) >= 11 is 0. The van der Waals surface area contributed by atoms with E-state index in [0.717, 1.165) is 19.3 Å². The number of aryl methyl sites for hydroxylation is 1. The van der Waals surface area contributed by atoms with Crippen LogP contribution in [0.3, 0.4) is 0 Å². The first-order valence-corrected chi connectivity index (χ1v) is 12.5. The van der Waals surface area contributed by atoms with Crippen LogP contribution in [0.1, 0.15) is 36.3 Å². The van der Waals surface area contributed by atoms with E-state index in [4.69, 9.17) is 0 Å². The molecule has 1 saturated carbocycles. The SMILES string of the molecule is Cc1cccc([C@H]2CC[C@H](Nc3ccc(S(=O)(=O)Nc4ccncn4)cn3)[C@@H](N(C)C)C2)c1. The van der Waals surface area contributed by atoms with E-state index in [2.05, 4.69) is 75.2 Å². The van der Waals surface area contributed by atoms with Crippen LogP contribution >= 0.6 is 0 Å². The number of benzene rings is 1. The van der Waals surface area contributed by atoms with Gasteiger partial charge in [0.1, 0.15) is 22.9 Å². The van der Waals surface area contributed by atoms with Gasteiger partial charge in [-0.3, -0.25) is 4.72 Å². The summed E-state index contributed by atoms with van der Waals surface area (Å²) in [6, 6.07) is 14.1. The van der Waals surface area contributed by atoms with Crippen LogP contribution in [0.2, 0.25) is 0 Å². The fourth-order valence-corrected chi connectivity index (χ4v) is 5.43. The van der Waals surface area contributed by atoms with E-state index in [-0.39, 0.29) is 16.8 Å². The van der Waals surface area contributed by atoms with E-state index in [1.807, 2.05) is 0 Å². The van der Waals surface area contributed by atoms with Crippen molar-refractivity contribution in [2.75, 3.05) is 24.1 Å². The summed E-state index contributed by atoms with van der Waals surface area (Å²) in [5, 5.41) is 3.54. The number of likely N-dealkylation sites (N-methyl/N-ethyl adjacent to an activating group) is 1. The predicted octanol–water partition coefficient (Wildman–Crippen LogP) is 3.66. The molecule has 2 aromatic heterocycles. The van der Waals surface area contributed by atoms with Gasteiger partial charge in [-0.2, -0.15) is 0 Å². The Kier molecular flexibility index (Phi) is 6.90. The molecule has 8 nitrogen and oxygen atoms in total. The molecule has 0 saturated heterocycles. The average Bonchev–Trinajstić information content (AvgIpc) is 2.80. The summed E-state index contributed by atoms with van der Waals surface area (Å²) in [5.74, 6) is 1.41. The topological polar surface area (TPSA) is 100 Å². The quantitative estimate of drug-likeness (QED) is 0.548. The van der Waals surface area contributed by atoms with E-state index in [9.17, 15) is 8.42 Å². The summed E-state index contributed by atoms with van der Waals surface area (Å²) < 4.78 is 27.6. The Morgan fingerprint density at radius 2 is 1.88 bits per heavy atom. The summed E-state index contributed by atoms with van der Waals surface area (Å²) in [6.07, 6.45) is 7.31. The number of aromatic nitrogens is 3. The highest BCUT2D eigenvalue weighted by Crippen LogP contribution is 2.36. The molecule has 1 fully saturated rings. The molecule has 3 atom stereocenters. The maximum atomic E-state index is 12.6. The van der Waals surface area contributed by atoms with Crippen molar-refractivity contribution in [2.45, 2.75) is 49.1 Å². The van der Waals surface area contributed by atoms with Gasteiger partial charge in [-0.1, -0.05) is 29.8 Å². The minimum Gasteiger partial charge on any atom is -0.366 e. The standard InChI is InChI=1S/C24H30N6O2S/c1-17-5-4-6-18(13-17)19-7-9-21(22(14-19)30(2)3)28-23-10-8-20(15-26-23)33(31,32)29-24-11-12-25-16-27-24/h4-6,8,10-13,15-16,19,21-22H,7,9,14H2,1-3H3,(H,26,28)(H,25,27,29)/t19-,21-,22-/m0/s1. The largest absolute Gasteiger partial charge is 0.366 e. The summed E-state index contributed by atoms with van der Waals surface area (Å²) in [6.45, 7) is 2.14. The number of sulfonamides is 1. The Labute approximate surface area is 195 Å². The summed E-state index contributed by atoms with van der Waals surface area (Å²) in [5.41, 5.74) is 2.70. The maximum absolute atomic E-state index is 12.6. The molecule has 1 aliphatic rings. The molecule has 0 spiro atoms. The first kappa shape index (κ1) is 23.1. The fourth-order valence-electron chi connectivity index (χ4n) is 4.47. The van der Waals surface area contributed by atoms with Gasteiger partial charge < -0.3 is 10.2 Å². The molecule has 4 rings (SSSR count). The second-order valence-corrected chi connectivity index (χ2v) is 10.5. The van der Waals surface area contributed by atoms with Crippen molar-refractivity contribution in [1.82, 2.24) is 19.9 Å². The van der Waals surface area contributed by atoms with Gasteiger partial charge in [0.25, 0.3) is 10.0 Å². The zero-order chi connectivity index (χ0) is 23.4. The first-order chi connectivity index (χ1) is 15.8. The molecule has 2 N–H and O–H groups in total. The predicted molar refractivity (Wildman–Crippen MR) is 130 cm³/mol. The van der Waals surface area contributed by atoms with Gasteiger partial charge in [0.15, 0.2) is 0 Å². The van der Waals surface area contributed by atoms with E-state index in [1.54, 1.807) is 12.1 Å². The van der Waals surface area contributed by atoms with Crippen LogP contribution in [-0.2, 0) is 10.0 Å². The average molecular weight is 467 g/mol. The van der Waals surface area contributed by atoms with Gasteiger partial charge in [0.05, 0.1) is 0 Å². The van der Waals surface area contributed by atoms with E-state index in [1.165, 1.54) is 35.9 Å². The third-order valence-corrected chi connectivity index (χ3v) is 7.53. The lowest BCUT2D eigenvalue weighted by atomic mass is 9.78. The van der Waals surface area contributed by atoms with Crippen LogP contribution in [-0.4, -0.2) is 54.4 Å². The molecule has 0 amide bonds. The highest BCUT2D eigenvalue weighted by molar-refractivity contribution is 7.92. The molecule has 0 bridgehead atoms. The Hall–Kier alpha value is -3.04. The molecule has 33 heavy (non-hydrogen) atoms. The highest BCUT2D eigenvalue weighted by atomic mass is 32.2. The van der Waals surface area contributed by atoms with Gasteiger partial charge in [-0.05, 0) is 70.0 Å². The van der Waals surface area contributed by atoms with Gasteiger partial charge in [0.2, 0.25) is 0 Å². The smallest absolute Gasteiger partial charge is 0.264 e. The normalized spacial score (nSPS) is 21.0. The molecule has 174 valence electrons. The number of anilines is 2. The van der Waals surface area contributed by atoms with Crippen LogP contribution in [0.25, 0.3) is 0 Å². The lowest BCUT2D eigenvalue weighted by molar-refractivity contribution is 0.196. The lowest BCUT2D eigenvalue weighted by Gasteiger charge is -2.40. The molecular formula is C24H30N6O2S. The van der Waals surface area contributed by atoms with Crippen LogP contribution in [0, 0.1) is 6.92 Å². The zero-order valence-corrected chi connectivity index (χ0v) is 20.0. The Morgan fingerprint density at radius 3 is 2.55 bits per heavy atom. The van der Waals surface area contributed by atoms with E-state index < -0.39 is 10.0 Å². The van der Waals surface area contributed by atoms with Crippen molar-refractivity contribution in [3.8, 4) is 0 Å². The fraction of sp³-hybridized carbons (Fsp3) is 0.375. The lowest BCUT2D eigenvalue weighted by Crippen LogP contribution is -2.47. The Bertz CT molecular complexity index is 1170. The molecule has 3 aromatic rings. The Morgan fingerprint density at radius 1 is 1.03 bits per heavy atom. The molecule has 0 radical (unpaired) electrons. The third kappa shape index (κ3) is 5.66. The summed E-state index contributed by atoms with van der Waals surface area (Å²) in [7, 11) is 0.454. The molecule has 1 aromatic carbocycles. The van der Waals surface area contributed by atoms with Crippen LogP contribution in [0.4, 0.5) is 11.6 Å². The van der Waals surface area contributed by atoms with Gasteiger partial charge in [0, 0.05) is 24.5 Å². The van der Waals surface area contributed by atoms with Crippen molar-refractivity contribution in [2.24, 2.45) is 0 Å². The number of nitrogens with one attached hydrogen (secondary N) is 2. The zero-order valence-electron chi connectivity index (χ0n) is 19.1. The minimum absolute atomic E-state index is 0.0824. The Balaban J connectivity index is 1.44. The van der Waals surface area contributed by atoms with Gasteiger partial charge >= 0.3 is 0 Å². The number of hydrogen-bond acceptors (Lipinski definition) is 7. The van der Waals surface area contributed by atoms with Crippen molar-refractivity contribution >= 4 is 21.7 Å². The molecule has 0 unspecified atom stereocenters. The molecular weight excluding hydrogens is 436 g/mol. The number of hydrogen-bond donors (Lipinski definition) is 2. The first-order valence-electron chi connectivity index (χ1n) is 11.1. The van der Waals surface area contributed by atoms with Gasteiger partial charge in [-0.25, -0.2) is 23.4 Å². The maximum Gasteiger partial charge on any atom is 0.264 e. The minimum atomic E-state index is -3.77. The molecule has 9 heteroatoms. The van der Waals surface area contributed by atoms with Crippen molar-refractivity contribution < 1.29 is 8.42 Å². The third-order valence-electron chi connectivity index (χ3n) is 6.19. The second-order valence-electron chi connectivity index (χ2n) is 8.79. The van der Waals surface area contributed by atoms with Gasteiger partial charge in [-0.15, -0.1) is 0 Å². The van der Waals surface area contributed by atoms with Crippen molar-refractivity contribution in [3.63, 3.8) is 0 Å². The molecule has 2 heterocycles.